The Hall–Kier alpha value is -1.86. The quantitative estimate of drug-likeness (QED) is 0.870. The summed E-state index contributed by atoms with van der Waals surface area (Å²) in [6.45, 7) is 5.27. The summed E-state index contributed by atoms with van der Waals surface area (Å²) in [5, 5.41) is 4.22. The Morgan fingerprint density at radius 1 is 1.33 bits per heavy atom. The Morgan fingerprint density at radius 3 is 2.93 bits per heavy atom. The molecule has 4 rings (SSSR count). The molecule has 6 nitrogen and oxygen atoms in total. The zero-order chi connectivity index (χ0) is 18.8. The second-order valence-electron chi connectivity index (χ2n) is 7.44. The number of methoxy groups -OCH3 is 1. The number of carbonyl (C=O) groups is 1. The fourth-order valence-electron chi connectivity index (χ4n) is 3.92. The Balaban J connectivity index is 1.48. The zero-order valence-corrected chi connectivity index (χ0v) is 16.8. The molecule has 7 heteroatoms. The number of carbonyl (C=O) groups excluding carboxylic acids is 1. The van der Waals surface area contributed by atoms with E-state index in [1.165, 1.54) is 5.56 Å². The van der Waals surface area contributed by atoms with Crippen molar-refractivity contribution in [2.24, 2.45) is 5.92 Å². The van der Waals surface area contributed by atoms with Crippen LogP contribution in [-0.4, -0.2) is 50.3 Å². The van der Waals surface area contributed by atoms with E-state index in [9.17, 15) is 4.79 Å². The average molecular weight is 390 g/mol. The summed E-state index contributed by atoms with van der Waals surface area (Å²) in [4.78, 5) is 19.9. The largest absolute Gasteiger partial charge is 0.494 e. The number of aromatic nitrogens is 1. The summed E-state index contributed by atoms with van der Waals surface area (Å²) in [7, 11) is 1.68. The van der Waals surface area contributed by atoms with E-state index >= 15 is 0 Å². The molecule has 27 heavy (non-hydrogen) atoms. The van der Waals surface area contributed by atoms with Crippen molar-refractivity contribution in [1.82, 2.24) is 10.3 Å². The third-order valence-corrected chi connectivity index (χ3v) is 6.79. The van der Waals surface area contributed by atoms with Crippen LogP contribution in [0.4, 0.5) is 5.13 Å². The zero-order valence-electron chi connectivity index (χ0n) is 16.0. The number of nitrogens with one attached hydrogen (secondary N) is 1. The first-order chi connectivity index (χ1) is 13.2. The standard InChI is InChI=1S/C20H27N3O3S/c1-13-5-6-16(25-2)17-18(13)27-20(22-17)23-9-3-4-14(12-23)19(24)21-15-7-10-26-11-8-15/h5-6,14-15H,3-4,7-12H2,1-2H3,(H,21,24). The van der Waals surface area contributed by atoms with E-state index in [2.05, 4.69) is 23.2 Å². The molecule has 0 saturated carbocycles. The number of amides is 1. The van der Waals surface area contributed by atoms with Crippen LogP contribution in [0.3, 0.4) is 0 Å². The molecule has 1 aromatic carbocycles. The van der Waals surface area contributed by atoms with Gasteiger partial charge < -0.3 is 19.7 Å². The number of anilines is 1. The molecule has 2 aliphatic heterocycles. The number of benzene rings is 1. The highest BCUT2D eigenvalue weighted by Gasteiger charge is 2.29. The van der Waals surface area contributed by atoms with E-state index in [1.807, 2.05) is 6.07 Å². The number of aryl methyl sites for hydroxylation is 1. The Morgan fingerprint density at radius 2 is 2.15 bits per heavy atom. The second-order valence-corrected chi connectivity index (χ2v) is 8.42. The van der Waals surface area contributed by atoms with Gasteiger partial charge in [-0.05, 0) is 44.2 Å². The lowest BCUT2D eigenvalue weighted by Crippen LogP contribution is -2.47. The first-order valence-corrected chi connectivity index (χ1v) is 10.5. The van der Waals surface area contributed by atoms with E-state index < -0.39 is 0 Å². The molecule has 3 heterocycles. The van der Waals surface area contributed by atoms with Crippen molar-refractivity contribution in [1.29, 1.82) is 0 Å². The number of fused-ring (bicyclic) bond motifs is 1. The van der Waals surface area contributed by atoms with Gasteiger partial charge in [-0.15, -0.1) is 0 Å². The molecule has 1 aromatic heterocycles. The van der Waals surface area contributed by atoms with Crippen LogP contribution in [0.25, 0.3) is 10.2 Å². The Kier molecular flexibility index (Phi) is 5.50. The molecule has 146 valence electrons. The first-order valence-electron chi connectivity index (χ1n) is 9.73. The minimum Gasteiger partial charge on any atom is -0.494 e. The maximum Gasteiger partial charge on any atom is 0.225 e. The molecular weight excluding hydrogens is 362 g/mol. The molecule has 0 radical (unpaired) electrons. The molecule has 2 aromatic rings. The third kappa shape index (κ3) is 3.89. The lowest BCUT2D eigenvalue weighted by atomic mass is 9.96. The maximum atomic E-state index is 12.8. The summed E-state index contributed by atoms with van der Waals surface area (Å²) in [6.07, 6.45) is 3.79. The van der Waals surface area contributed by atoms with Crippen molar-refractivity contribution in [2.45, 2.75) is 38.6 Å². The number of rotatable bonds is 4. The van der Waals surface area contributed by atoms with Crippen LogP contribution >= 0.6 is 11.3 Å². The van der Waals surface area contributed by atoms with Crippen LogP contribution in [0.2, 0.25) is 0 Å². The van der Waals surface area contributed by atoms with Crippen LogP contribution in [0.15, 0.2) is 12.1 Å². The van der Waals surface area contributed by atoms with Gasteiger partial charge in [0.1, 0.15) is 11.3 Å². The van der Waals surface area contributed by atoms with Crippen LogP contribution in [0, 0.1) is 12.8 Å². The third-order valence-electron chi connectivity index (χ3n) is 5.54. The number of ether oxygens (including phenoxy) is 2. The number of hydrogen-bond donors (Lipinski definition) is 1. The smallest absolute Gasteiger partial charge is 0.225 e. The predicted octanol–water partition coefficient (Wildman–Crippen LogP) is 3.12. The van der Waals surface area contributed by atoms with E-state index in [1.54, 1.807) is 18.4 Å². The summed E-state index contributed by atoms with van der Waals surface area (Å²) in [5.74, 6) is 1.02. The Labute approximate surface area is 163 Å². The van der Waals surface area contributed by atoms with E-state index in [0.717, 1.165) is 73.1 Å². The monoisotopic (exact) mass is 389 g/mol. The maximum absolute atomic E-state index is 12.8. The van der Waals surface area contributed by atoms with Crippen molar-refractivity contribution in [3.05, 3.63) is 17.7 Å². The molecule has 1 amide bonds. The molecule has 2 fully saturated rings. The molecule has 2 saturated heterocycles. The van der Waals surface area contributed by atoms with E-state index in [-0.39, 0.29) is 17.9 Å². The second kappa shape index (κ2) is 8.02. The average Bonchev–Trinajstić information content (AvgIpc) is 3.16. The SMILES string of the molecule is COc1ccc(C)c2sc(N3CCCC(C(=O)NC4CCOCC4)C3)nc12. The molecule has 0 aliphatic carbocycles. The Bertz CT molecular complexity index is 816. The highest BCUT2D eigenvalue weighted by molar-refractivity contribution is 7.22. The van der Waals surface area contributed by atoms with E-state index in [4.69, 9.17) is 14.5 Å². The van der Waals surface area contributed by atoms with Gasteiger partial charge in [0, 0.05) is 32.3 Å². The van der Waals surface area contributed by atoms with Crippen molar-refractivity contribution >= 4 is 32.6 Å². The van der Waals surface area contributed by atoms with E-state index in [0.29, 0.717) is 0 Å². The molecule has 0 bridgehead atoms. The topological polar surface area (TPSA) is 63.7 Å². The summed E-state index contributed by atoms with van der Waals surface area (Å²) < 4.78 is 12.0. The minimum absolute atomic E-state index is 0.0246. The summed E-state index contributed by atoms with van der Waals surface area (Å²) in [6, 6.07) is 4.31. The number of thiazole rings is 1. The van der Waals surface area contributed by atoms with Crippen molar-refractivity contribution < 1.29 is 14.3 Å². The lowest BCUT2D eigenvalue weighted by Gasteiger charge is -2.33. The van der Waals surface area contributed by atoms with Crippen molar-refractivity contribution in [2.75, 3.05) is 38.3 Å². The van der Waals surface area contributed by atoms with Crippen LogP contribution in [0.5, 0.6) is 5.75 Å². The lowest BCUT2D eigenvalue weighted by molar-refractivity contribution is -0.126. The molecule has 2 aliphatic rings. The van der Waals surface area contributed by atoms with Gasteiger partial charge in [-0.3, -0.25) is 4.79 Å². The number of hydrogen-bond acceptors (Lipinski definition) is 6. The van der Waals surface area contributed by atoms with Gasteiger partial charge in [-0.1, -0.05) is 17.4 Å². The molecule has 1 unspecified atom stereocenters. The van der Waals surface area contributed by atoms with Gasteiger partial charge in [-0.2, -0.15) is 0 Å². The number of nitrogens with zero attached hydrogens (tertiary/aromatic N) is 2. The fourth-order valence-corrected chi connectivity index (χ4v) is 5.01. The van der Waals surface area contributed by atoms with Gasteiger partial charge in [-0.25, -0.2) is 4.98 Å². The summed E-state index contributed by atoms with van der Waals surface area (Å²) in [5.41, 5.74) is 2.13. The normalized spacial score (nSPS) is 21.4. The van der Waals surface area contributed by atoms with Crippen LogP contribution < -0.4 is 15.0 Å². The van der Waals surface area contributed by atoms with Gasteiger partial charge in [0.15, 0.2) is 5.13 Å². The molecule has 0 spiro atoms. The van der Waals surface area contributed by atoms with Gasteiger partial charge in [0.05, 0.1) is 17.7 Å². The van der Waals surface area contributed by atoms with Gasteiger partial charge in [0.2, 0.25) is 5.91 Å². The van der Waals surface area contributed by atoms with Crippen LogP contribution in [-0.2, 0) is 9.53 Å². The fraction of sp³-hybridized carbons (Fsp3) is 0.600. The molecular formula is C20H27N3O3S. The number of piperidine rings is 1. The minimum atomic E-state index is 0.0246. The highest BCUT2D eigenvalue weighted by Crippen LogP contribution is 2.37. The molecule has 1 atom stereocenters. The molecule has 1 N–H and O–H groups in total. The van der Waals surface area contributed by atoms with Gasteiger partial charge in [0.25, 0.3) is 0 Å². The van der Waals surface area contributed by atoms with Crippen LogP contribution in [0.1, 0.15) is 31.2 Å². The highest BCUT2D eigenvalue weighted by atomic mass is 32.1. The van der Waals surface area contributed by atoms with Crippen molar-refractivity contribution in [3.8, 4) is 5.75 Å². The summed E-state index contributed by atoms with van der Waals surface area (Å²) >= 11 is 1.70. The van der Waals surface area contributed by atoms with Gasteiger partial charge >= 0.3 is 0 Å². The predicted molar refractivity (Wildman–Crippen MR) is 108 cm³/mol. The first kappa shape index (κ1) is 18.5. The van der Waals surface area contributed by atoms with Crippen molar-refractivity contribution in [3.63, 3.8) is 0 Å².